The van der Waals surface area contributed by atoms with Gasteiger partial charge in [-0.15, -0.1) is 10.2 Å². The lowest BCUT2D eigenvalue weighted by molar-refractivity contribution is -0.137. The van der Waals surface area contributed by atoms with Gasteiger partial charge in [-0.25, -0.2) is 0 Å². The molecule has 0 atom stereocenters. The van der Waals surface area contributed by atoms with Gasteiger partial charge in [0.05, 0.1) is 34.3 Å². The summed E-state index contributed by atoms with van der Waals surface area (Å²) in [7, 11) is 0. The summed E-state index contributed by atoms with van der Waals surface area (Å²) in [6, 6.07) is 15.1. The summed E-state index contributed by atoms with van der Waals surface area (Å²) < 4.78 is 46.5. The smallest absolute Gasteiger partial charge is 0.416 e. The zero-order valence-electron chi connectivity index (χ0n) is 22.3. The summed E-state index contributed by atoms with van der Waals surface area (Å²) >= 11 is 12.9. The number of carbonyl (C=O) groups is 2. The Balaban J connectivity index is 1.47. The van der Waals surface area contributed by atoms with Crippen LogP contribution in [-0.2, 0) is 22.3 Å². The standard InChI is InChI=1S/C28H24Cl2F3N5O3S/c1-16-3-4-17(2)23(11-16)38-24(13-34-25(39)14-41-20-8-6-19(29)7-9-20)36-37-27(38)42-15-26(40)35-22-12-18(28(31,32)33)5-10-21(22)30/h3-12H,13-15H2,1-2H3,(H,34,39)(H,35,40). The molecule has 0 aliphatic heterocycles. The normalized spacial score (nSPS) is 11.3. The number of aromatic nitrogens is 3. The number of hydrogen-bond acceptors (Lipinski definition) is 6. The number of nitrogens with one attached hydrogen (secondary N) is 2. The summed E-state index contributed by atoms with van der Waals surface area (Å²) in [4.78, 5) is 25.2. The number of amides is 2. The lowest BCUT2D eigenvalue weighted by atomic mass is 10.1. The highest BCUT2D eigenvalue weighted by molar-refractivity contribution is 7.99. The van der Waals surface area contributed by atoms with E-state index in [1.807, 2.05) is 32.0 Å². The fourth-order valence-electron chi connectivity index (χ4n) is 3.73. The van der Waals surface area contributed by atoms with Gasteiger partial charge in [0.15, 0.2) is 17.6 Å². The molecule has 0 aliphatic carbocycles. The molecule has 14 heteroatoms. The number of hydrogen-bond donors (Lipinski definition) is 2. The molecular formula is C28H24Cl2F3N5O3S. The third kappa shape index (κ3) is 8.17. The topological polar surface area (TPSA) is 98.1 Å². The summed E-state index contributed by atoms with van der Waals surface area (Å²) in [5.74, 6) is -0.307. The number of anilines is 1. The van der Waals surface area contributed by atoms with Crippen molar-refractivity contribution < 1.29 is 27.5 Å². The molecule has 0 unspecified atom stereocenters. The maximum Gasteiger partial charge on any atom is 0.416 e. The van der Waals surface area contributed by atoms with E-state index in [-0.39, 0.29) is 29.6 Å². The average molecular weight is 638 g/mol. The molecule has 0 radical (unpaired) electrons. The maximum absolute atomic E-state index is 13.1. The lowest BCUT2D eigenvalue weighted by Gasteiger charge is -2.15. The van der Waals surface area contributed by atoms with E-state index in [1.165, 1.54) is 0 Å². The second-order valence-corrected chi connectivity index (χ2v) is 10.9. The third-order valence-corrected chi connectivity index (χ3v) is 7.34. The molecule has 0 aliphatic rings. The molecule has 0 saturated carbocycles. The Morgan fingerprint density at radius 2 is 1.71 bits per heavy atom. The monoisotopic (exact) mass is 637 g/mol. The molecule has 1 heterocycles. The van der Waals surface area contributed by atoms with E-state index in [4.69, 9.17) is 27.9 Å². The Morgan fingerprint density at radius 1 is 0.976 bits per heavy atom. The molecule has 42 heavy (non-hydrogen) atoms. The van der Waals surface area contributed by atoms with E-state index in [0.29, 0.717) is 21.8 Å². The second kappa shape index (κ2) is 13.5. The van der Waals surface area contributed by atoms with Crippen molar-refractivity contribution in [2.75, 3.05) is 17.7 Å². The molecule has 2 N–H and O–H groups in total. The number of alkyl halides is 3. The molecule has 4 rings (SSSR count). The van der Waals surface area contributed by atoms with Gasteiger partial charge in [-0.1, -0.05) is 47.1 Å². The minimum Gasteiger partial charge on any atom is -0.484 e. The fraction of sp³-hybridized carbons (Fsp3) is 0.214. The van der Waals surface area contributed by atoms with Crippen molar-refractivity contribution >= 4 is 52.5 Å². The third-order valence-electron chi connectivity index (χ3n) is 5.83. The van der Waals surface area contributed by atoms with Crippen LogP contribution in [0.3, 0.4) is 0 Å². The van der Waals surface area contributed by atoms with Crippen molar-refractivity contribution in [2.24, 2.45) is 0 Å². The quantitative estimate of drug-likeness (QED) is 0.189. The van der Waals surface area contributed by atoms with Crippen molar-refractivity contribution in [3.63, 3.8) is 0 Å². The fourth-order valence-corrected chi connectivity index (χ4v) is 4.79. The van der Waals surface area contributed by atoms with Gasteiger partial charge in [-0.05, 0) is 73.5 Å². The van der Waals surface area contributed by atoms with Crippen LogP contribution in [-0.4, -0.2) is 38.9 Å². The molecule has 4 aromatic rings. The first-order valence-electron chi connectivity index (χ1n) is 12.4. The summed E-state index contributed by atoms with van der Waals surface area (Å²) in [6.07, 6.45) is -4.59. The number of carbonyl (C=O) groups excluding carboxylic acids is 2. The Labute approximate surface area is 253 Å². The first-order valence-corrected chi connectivity index (χ1v) is 14.1. The Morgan fingerprint density at radius 3 is 2.43 bits per heavy atom. The zero-order chi connectivity index (χ0) is 30.4. The summed E-state index contributed by atoms with van der Waals surface area (Å²) in [5.41, 5.74) is 1.50. The van der Waals surface area contributed by atoms with Crippen molar-refractivity contribution in [3.8, 4) is 11.4 Å². The van der Waals surface area contributed by atoms with Gasteiger partial charge in [-0.2, -0.15) is 13.2 Å². The molecular weight excluding hydrogens is 614 g/mol. The van der Waals surface area contributed by atoms with Gasteiger partial charge >= 0.3 is 6.18 Å². The van der Waals surface area contributed by atoms with E-state index < -0.39 is 23.6 Å². The molecule has 0 bridgehead atoms. The van der Waals surface area contributed by atoms with Crippen molar-refractivity contribution in [1.82, 2.24) is 20.1 Å². The molecule has 220 valence electrons. The first kappa shape index (κ1) is 31.2. The minimum absolute atomic E-state index is 0.00971. The highest BCUT2D eigenvalue weighted by Gasteiger charge is 2.31. The van der Waals surface area contributed by atoms with Gasteiger partial charge < -0.3 is 15.4 Å². The summed E-state index contributed by atoms with van der Waals surface area (Å²) in [6.45, 7) is 3.59. The number of rotatable bonds is 10. The number of benzene rings is 3. The molecule has 0 spiro atoms. The lowest BCUT2D eigenvalue weighted by Crippen LogP contribution is -2.29. The minimum atomic E-state index is -4.59. The number of ether oxygens (including phenoxy) is 1. The van der Waals surface area contributed by atoms with Crippen LogP contribution >= 0.6 is 35.0 Å². The molecule has 8 nitrogen and oxygen atoms in total. The van der Waals surface area contributed by atoms with Gasteiger partial charge in [0.1, 0.15) is 5.75 Å². The Kier molecular flexibility index (Phi) is 10.0. The largest absolute Gasteiger partial charge is 0.484 e. The molecule has 3 aromatic carbocycles. The molecule has 0 saturated heterocycles. The summed E-state index contributed by atoms with van der Waals surface area (Å²) in [5, 5.41) is 14.5. The Hall–Kier alpha value is -3.74. The van der Waals surface area contributed by atoms with E-state index in [0.717, 1.165) is 46.8 Å². The van der Waals surface area contributed by atoms with Crippen LogP contribution in [0.5, 0.6) is 5.75 Å². The predicted molar refractivity (Wildman–Crippen MR) is 155 cm³/mol. The maximum atomic E-state index is 13.1. The predicted octanol–water partition coefficient (Wildman–Crippen LogP) is 6.64. The molecule has 1 aromatic heterocycles. The van der Waals surface area contributed by atoms with Crippen LogP contribution in [0.15, 0.2) is 65.8 Å². The van der Waals surface area contributed by atoms with E-state index in [1.54, 1.807) is 28.8 Å². The average Bonchev–Trinajstić information content (AvgIpc) is 3.34. The Bertz CT molecular complexity index is 1600. The van der Waals surface area contributed by atoms with E-state index in [9.17, 15) is 22.8 Å². The van der Waals surface area contributed by atoms with Crippen molar-refractivity contribution in [1.29, 1.82) is 0 Å². The van der Waals surface area contributed by atoms with Crippen LogP contribution < -0.4 is 15.4 Å². The highest BCUT2D eigenvalue weighted by Crippen LogP contribution is 2.34. The van der Waals surface area contributed by atoms with Gasteiger partial charge in [0.2, 0.25) is 5.91 Å². The highest BCUT2D eigenvalue weighted by atomic mass is 35.5. The van der Waals surface area contributed by atoms with E-state index >= 15 is 0 Å². The molecule has 2 amide bonds. The second-order valence-electron chi connectivity index (χ2n) is 9.07. The first-order chi connectivity index (χ1) is 19.9. The number of nitrogens with zero attached hydrogens (tertiary/aromatic N) is 3. The number of halogens is 5. The van der Waals surface area contributed by atoms with E-state index in [2.05, 4.69) is 20.8 Å². The number of aryl methyl sites for hydroxylation is 2. The number of thioether (sulfide) groups is 1. The van der Waals surface area contributed by atoms with Crippen LogP contribution in [0, 0.1) is 13.8 Å². The van der Waals surface area contributed by atoms with Crippen molar-refractivity contribution in [3.05, 3.63) is 93.2 Å². The van der Waals surface area contributed by atoms with Crippen LogP contribution in [0.1, 0.15) is 22.5 Å². The van der Waals surface area contributed by atoms with Gasteiger partial charge in [0, 0.05) is 5.02 Å². The van der Waals surface area contributed by atoms with Crippen LogP contribution in [0.2, 0.25) is 10.0 Å². The van der Waals surface area contributed by atoms with Crippen LogP contribution in [0.25, 0.3) is 5.69 Å². The zero-order valence-corrected chi connectivity index (χ0v) is 24.6. The molecule has 0 fully saturated rings. The van der Waals surface area contributed by atoms with Gasteiger partial charge in [0.25, 0.3) is 5.91 Å². The van der Waals surface area contributed by atoms with Crippen LogP contribution in [0.4, 0.5) is 18.9 Å². The van der Waals surface area contributed by atoms with Gasteiger partial charge in [-0.3, -0.25) is 14.2 Å². The SMILES string of the molecule is Cc1ccc(C)c(-n2c(CNC(=O)COc3ccc(Cl)cc3)nnc2SCC(=O)Nc2cc(C(F)(F)F)ccc2Cl)c1. The van der Waals surface area contributed by atoms with Crippen molar-refractivity contribution in [2.45, 2.75) is 31.7 Å².